The largest absolute Gasteiger partial charge is 0.495 e. The van der Waals surface area contributed by atoms with Crippen molar-refractivity contribution in [3.05, 3.63) is 41.7 Å². The molecule has 0 fully saturated rings. The zero-order chi connectivity index (χ0) is 13.8. The zero-order valence-corrected chi connectivity index (χ0v) is 11.3. The number of amides is 1. The van der Waals surface area contributed by atoms with Crippen LogP contribution in [-0.4, -0.2) is 22.8 Å². The normalized spacial score (nSPS) is 10.3. The first-order valence-corrected chi connectivity index (χ1v) is 6.13. The fourth-order valence-electron chi connectivity index (χ4n) is 1.76. The van der Waals surface area contributed by atoms with Gasteiger partial charge in [0.1, 0.15) is 5.75 Å². The highest BCUT2D eigenvalue weighted by molar-refractivity contribution is 6.03. The molecule has 5 nitrogen and oxygen atoms in total. The highest BCUT2D eigenvalue weighted by Crippen LogP contribution is 2.25. The quantitative estimate of drug-likeness (QED) is 0.917. The maximum atomic E-state index is 12.1. The highest BCUT2D eigenvalue weighted by Gasteiger charge is 2.12. The lowest BCUT2D eigenvalue weighted by atomic mass is 10.2. The molecule has 1 amide bonds. The highest BCUT2D eigenvalue weighted by atomic mass is 16.5. The van der Waals surface area contributed by atoms with Crippen LogP contribution in [0.1, 0.15) is 23.0 Å². The van der Waals surface area contributed by atoms with Gasteiger partial charge < -0.3 is 10.1 Å². The Kier molecular flexibility index (Phi) is 3.85. The Balaban J connectivity index is 2.20. The van der Waals surface area contributed by atoms with Crippen molar-refractivity contribution in [3.63, 3.8) is 0 Å². The smallest absolute Gasteiger partial charge is 0.276 e. The van der Waals surface area contributed by atoms with Crippen molar-refractivity contribution in [1.82, 2.24) is 9.78 Å². The van der Waals surface area contributed by atoms with Crippen molar-refractivity contribution in [2.75, 3.05) is 12.4 Å². The molecule has 1 aromatic heterocycles. The summed E-state index contributed by atoms with van der Waals surface area (Å²) in [5.74, 6) is 0.393. The van der Waals surface area contributed by atoms with Crippen molar-refractivity contribution in [2.24, 2.45) is 0 Å². The summed E-state index contributed by atoms with van der Waals surface area (Å²) in [5.41, 5.74) is 2.10. The fourth-order valence-corrected chi connectivity index (χ4v) is 1.76. The number of benzene rings is 1. The van der Waals surface area contributed by atoms with Crippen molar-refractivity contribution >= 4 is 11.6 Å². The number of ether oxygens (including phenoxy) is 1. The zero-order valence-electron chi connectivity index (χ0n) is 11.3. The van der Waals surface area contributed by atoms with Crippen molar-refractivity contribution in [2.45, 2.75) is 20.4 Å². The van der Waals surface area contributed by atoms with Gasteiger partial charge in [-0.25, -0.2) is 0 Å². The van der Waals surface area contributed by atoms with E-state index in [1.165, 1.54) is 0 Å². The van der Waals surface area contributed by atoms with E-state index in [2.05, 4.69) is 10.4 Å². The van der Waals surface area contributed by atoms with Crippen LogP contribution in [0.2, 0.25) is 0 Å². The molecular weight excluding hydrogens is 242 g/mol. The summed E-state index contributed by atoms with van der Waals surface area (Å²) in [4.78, 5) is 12.1. The molecule has 0 atom stereocenters. The Morgan fingerprint density at radius 2 is 2.21 bits per heavy atom. The van der Waals surface area contributed by atoms with Crippen molar-refractivity contribution < 1.29 is 9.53 Å². The first-order chi connectivity index (χ1) is 9.13. The van der Waals surface area contributed by atoms with Gasteiger partial charge in [0.15, 0.2) is 5.69 Å². The molecule has 0 saturated heterocycles. The minimum atomic E-state index is -0.240. The summed E-state index contributed by atoms with van der Waals surface area (Å²) in [5, 5.41) is 6.98. The number of rotatable bonds is 4. The molecule has 0 spiro atoms. The Labute approximate surface area is 112 Å². The van der Waals surface area contributed by atoms with Crippen LogP contribution in [0.25, 0.3) is 0 Å². The van der Waals surface area contributed by atoms with Crippen LogP contribution < -0.4 is 10.1 Å². The van der Waals surface area contributed by atoms with E-state index < -0.39 is 0 Å². The molecule has 5 heteroatoms. The number of aryl methyl sites for hydroxylation is 2. The molecule has 19 heavy (non-hydrogen) atoms. The molecule has 0 aliphatic carbocycles. The summed E-state index contributed by atoms with van der Waals surface area (Å²) in [6.07, 6.45) is 1.78. The van der Waals surface area contributed by atoms with Gasteiger partial charge >= 0.3 is 0 Å². The summed E-state index contributed by atoms with van der Waals surface area (Å²) < 4.78 is 6.93. The van der Waals surface area contributed by atoms with E-state index in [0.29, 0.717) is 17.1 Å². The second-order valence-electron chi connectivity index (χ2n) is 4.21. The van der Waals surface area contributed by atoms with E-state index in [9.17, 15) is 4.79 Å². The predicted molar refractivity (Wildman–Crippen MR) is 73.6 cm³/mol. The number of methoxy groups -OCH3 is 1. The average Bonchev–Trinajstić information content (AvgIpc) is 2.88. The molecule has 100 valence electrons. The first-order valence-electron chi connectivity index (χ1n) is 6.13. The maximum Gasteiger partial charge on any atom is 0.276 e. The van der Waals surface area contributed by atoms with Crippen LogP contribution in [0.4, 0.5) is 5.69 Å². The van der Waals surface area contributed by atoms with E-state index in [-0.39, 0.29) is 5.91 Å². The summed E-state index contributed by atoms with van der Waals surface area (Å²) in [6, 6.07) is 7.32. The molecular formula is C14H17N3O2. The molecule has 2 aromatic rings. The number of anilines is 1. The number of hydrogen-bond donors (Lipinski definition) is 1. The van der Waals surface area contributed by atoms with Crippen LogP contribution in [0, 0.1) is 6.92 Å². The summed E-state index contributed by atoms with van der Waals surface area (Å²) in [7, 11) is 1.58. The van der Waals surface area contributed by atoms with E-state index in [4.69, 9.17) is 4.74 Å². The topological polar surface area (TPSA) is 56.2 Å². The molecule has 0 aliphatic rings. The molecule has 1 heterocycles. The second-order valence-corrected chi connectivity index (χ2v) is 4.21. The number of carbonyl (C=O) groups is 1. The van der Waals surface area contributed by atoms with Gasteiger partial charge in [-0.05, 0) is 37.6 Å². The van der Waals surface area contributed by atoms with Crippen LogP contribution >= 0.6 is 0 Å². The second kappa shape index (κ2) is 5.56. The number of hydrogen-bond acceptors (Lipinski definition) is 3. The van der Waals surface area contributed by atoms with Crippen molar-refractivity contribution in [1.29, 1.82) is 0 Å². The lowest BCUT2D eigenvalue weighted by Crippen LogP contribution is -2.14. The lowest BCUT2D eigenvalue weighted by Gasteiger charge is -2.10. The first kappa shape index (κ1) is 13.1. The van der Waals surface area contributed by atoms with Gasteiger partial charge in [-0.3, -0.25) is 9.48 Å². The number of aromatic nitrogens is 2. The number of nitrogens with zero attached hydrogens (tertiary/aromatic N) is 2. The maximum absolute atomic E-state index is 12.1. The van der Waals surface area contributed by atoms with Crippen molar-refractivity contribution in [3.8, 4) is 5.75 Å². The van der Waals surface area contributed by atoms with Gasteiger partial charge in [0.05, 0.1) is 12.8 Å². The molecule has 1 aromatic carbocycles. The van der Waals surface area contributed by atoms with E-state index >= 15 is 0 Å². The molecule has 0 unspecified atom stereocenters. The Hall–Kier alpha value is -2.30. The Bertz CT molecular complexity index is 590. The molecule has 1 N–H and O–H groups in total. The molecule has 0 aliphatic heterocycles. The van der Waals surface area contributed by atoms with Gasteiger partial charge in [0.25, 0.3) is 5.91 Å². The van der Waals surface area contributed by atoms with Gasteiger partial charge in [0.2, 0.25) is 0 Å². The van der Waals surface area contributed by atoms with E-state index in [1.54, 1.807) is 24.1 Å². The minimum absolute atomic E-state index is 0.240. The molecule has 0 radical (unpaired) electrons. The third-order valence-corrected chi connectivity index (χ3v) is 2.80. The third-order valence-electron chi connectivity index (χ3n) is 2.80. The SMILES string of the molecule is CCn1ccc(C(=O)Nc2cc(C)ccc2OC)n1. The van der Waals surface area contributed by atoms with E-state index in [1.807, 2.05) is 32.0 Å². The monoisotopic (exact) mass is 259 g/mol. The summed E-state index contributed by atoms with van der Waals surface area (Å²) >= 11 is 0. The van der Waals surface area contributed by atoms with Gasteiger partial charge in [0, 0.05) is 12.7 Å². The number of nitrogens with one attached hydrogen (secondary N) is 1. The van der Waals surface area contributed by atoms with E-state index in [0.717, 1.165) is 12.1 Å². The summed E-state index contributed by atoms with van der Waals surface area (Å²) in [6.45, 7) is 4.67. The molecule has 2 rings (SSSR count). The Morgan fingerprint density at radius 3 is 2.84 bits per heavy atom. The average molecular weight is 259 g/mol. The van der Waals surface area contributed by atoms with Crippen LogP contribution in [0.5, 0.6) is 5.75 Å². The van der Waals surface area contributed by atoms with Gasteiger partial charge in [-0.2, -0.15) is 5.10 Å². The standard InChI is InChI=1S/C14H17N3O2/c1-4-17-8-7-11(16-17)14(18)15-12-9-10(2)5-6-13(12)19-3/h5-9H,4H2,1-3H3,(H,15,18). The van der Waals surface area contributed by atoms with Crippen LogP contribution in [-0.2, 0) is 6.54 Å². The lowest BCUT2D eigenvalue weighted by molar-refractivity contribution is 0.102. The molecule has 0 saturated carbocycles. The Morgan fingerprint density at radius 1 is 1.42 bits per heavy atom. The van der Waals surface area contributed by atoms with Gasteiger partial charge in [-0.1, -0.05) is 6.07 Å². The predicted octanol–water partition coefficient (Wildman–Crippen LogP) is 2.47. The van der Waals surface area contributed by atoms with Crippen LogP contribution in [0.15, 0.2) is 30.5 Å². The van der Waals surface area contributed by atoms with Crippen LogP contribution in [0.3, 0.4) is 0 Å². The van der Waals surface area contributed by atoms with Gasteiger partial charge in [-0.15, -0.1) is 0 Å². The number of carbonyl (C=O) groups excluding carboxylic acids is 1. The third kappa shape index (κ3) is 2.93. The molecule has 0 bridgehead atoms. The fraction of sp³-hybridized carbons (Fsp3) is 0.286. The minimum Gasteiger partial charge on any atom is -0.495 e.